The molecule has 0 saturated heterocycles. The lowest BCUT2D eigenvalue weighted by atomic mass is 10.1. The third-order valence-electron chi connectivity index (χ3n) is 3.30. The fraction of sp³-hybridized carbons (Fsp3) is 0.294. The van der Waals surface area contributed by atoms with E-state index in [1.807, 2.05) is 18.2 Å². The van der Waals surface area contributed by atoms with Gasteiger partial charge in [-0.3, -0.25) is 4.98 Å². The predicted octanol–water partition coefficient (Wildman–Crippen LogP) is 3.07. The van der Waals surface area contributed by atoms with E-state index in [4.69, 9.17) is 4.74 Å². The molecule has 1 heterocycles. The zero-order valence-corrected chi connectivity index (χ0v) is 12.5. The summed E-state index contributed by atoms with van der Waals surface area (Å²) in [7, 11) is 1.67. The van der Waals surface area contributed by atoms with Crippen molar-refractivity contribution in [1.82, 2.24) is 9.88 Å². The summed E-state index contributed by atoms with van der Waals surface area (Å²) in [6.45, 7) is 0.684. The van der Waals surface area contributed by atoms with E-state index in [0.29, 0.717) is 24.9 Å². The SMILES string of the molecule is CN(CCc1ccccn1)C(=O)OCCc1ccccc1F. The molecule has 0 spiro atoms. The Kier molecular flexibility index (Phi) is 5.89. The van der Waals surface area contributed by atoms with Crippen LogP contribution in [0.1, 0.15) is 11.3 Å². The summed E-state index contributed by atoms with van der Waals surface area (Å²) in [6.07, 6.45) is 2.35. The Labute approximate surface area is 129 Å². The van der Waals surface area contributed by atoms with E-state index in [2.05, 4.69) is 4.98 Å². The molecular formula is C17H19FN2O2. The number of hydrogen-bond acceptors (Lipinski definition) is 3. The molecule has 5 heteroatoms. The molecule has 1 aromatic heterocycles. The number of carbonyl (C=O) groups excluding carboxylic acids is 1. The highest BCUT2D eigenvalue weighted by Gasteiger charge is 2.10. The zero-order chi connectivity index (χ0) is 15.8. The van der Waals surface area contributed by atoms with Crippen molar-refractivity contribution in [3.8, 4) is 0 Å². The van der Waals surface area contributed by atoms with Gasteiger partial charge in [-0.1, -0.05) is 24.3 Å². The second kappa shape index (κ2) is 8.12. The molecule has 0 N–H and O–H groups in total. The van der Waals surface area contributed by atoms with Crippen molar-refractivity contribution in [2.75, 3.05) is 20.2 Å². The second-order valence-electron chi connectivity index (χ2n) is 4.95. The van der Waals surface area contributed by atoms with Gasteiger partial charge in [-0.2, -0.15) is 0 Å². The van der Waals surface area contributed by atoms with Crippen LogP contribution in [0.25, 0.3) is 0 Å². The fourth-order valence-electron chi connectivity index (χ4n) is 1.98. The Morgan fingerprint density at radius 1 is 1.18 bits per heavy atom. The Morgan fingerprint density at radius 3 is 2.68 bits per heavy atom. The first-order valence-corrected chi connectivity index (χ1v) is 7.18. The van der Waals surface area contributed by atoms with Crippen LogP contribution in [-0.4, -0.2) is 36.2 Å². The number of ether oxygens (including phenoxy) is 1. The number of amides is 1. The molecule has 1 amide bonds. The third kappa shape index (κ3) is 4.84. The minimum Gasteiger partial charge on any atom is -0.449 e. The molecule has 0 unspecified atom stereocenters. The summed E-state index contributed by atoms with van der Waals surface area (Å²) < 4.78 is 18.6. The minimum absolute atomic E-state index is 0.160. The summed E-state index contributed by atoms with van der Waals surface area (Å²) in [6, 6.07) is 12.2. The molecule has 2 aromatic rings. The summed E-state index contributed by atoms with van der Waals surface area (Å²) >= 11 is 0. The molecule has 0 aliphatic rings. The van der Waals surface area contributed by atoms with Gasteiger partial charge < -0.3 is 9.64 Å². The summed E-state index contributed by atoms with van der Waals surface area (Å²) in [4.78, 5) is 17.5. The number of halogens is 1. The maximum atomic E-state index is 13.4. The summed E-state index contributed by atoms with van der Waals surface area (Å²) in [5, 5.41) is 0. The first-order valence-electron chi connectivity index (χ1n) is 7.18. The van der Waals surface area contributed by atoms with Crippen molar-refractivity contribution in [3.63, 3.8) is 0 Å². The molecular weight excluding hydrogens is 283 g/mol. The number of aromatic nitrogens is 1. The van der Waals surface area contributed by atoms with Gasteiger partial charge in [-0.25, -0.2) is 9.18 Å². The molecule has 22 heavy (non-hydrogen) atoms. The number of benzene rings is 1. The molecule has 0 bridgehead atoms. The molecule has 116 valence electrons. The van der Waals surface area contributed by atoms with Gasteiger partial charge in [0, 0.05) is 38.3 Å². The van der Waals surface area contributed by atoms with Gasteiger partial charge in [0.25, 0.3) is 0 Å². The zero-order valence-electron chi connectivity index (χ0n) is 12.5. The van der Waals surface area contributed by atoms with Crippen molar-refractivity contribution in [2.45, 2.75) is 12.8 Å². The second-order valence-corrected chi connectivity index (χ2v) is 4.95. The van der Waals surface area contributed by atoms with Crippen LogP contribution < -0.4 is 0 Å². The molecule has 0 atom stereocenters. The lowest BCUT2D eigenvalue weighted by molar-refractivity contribution is 0.112. The van der Waals surface area contributed by atoms with Crippen molar-refractivity contribution in [2.24, 2.45) is 0 Å². The lowest BCUT2D eigenvalue weighted by Crippen LogP contribution is -2.30. The highest BCUT2D eigenvalue weighted by Crippen LogP contribution is 2.07. The van der Waals surface area contributed by atoms with Crippen LogP contribution in [0.3, 0.4) is 0 Å². The molecule has 1 aromatic carbocycles. The Hall–Kier alpha value is -2.43. The van der Waals surface area contributed by atoms with Gasteiger partial charge in [0.1, 0.15) is 5.82 Å². The van der Waals surface area contributed by atoms with Crippen LogP contribution in [0.5, 0.6) is 0 Å². The van der Waals surface area contributed by atoms with Gasteiger partial charge in [-0.05, 0) is 23.8 Å². The molecule has 0 aliphatic heterocycles. The Bertz CT molecular complexity index is 605. The normalized spacial score (nSPS) is 10.3. The van der Waals surface area contributed by atoms with Gasteiger partial charge >= 0.3 is 6.09 Å². The van der Waals surface area contributed by atoms with E-state index >= 15 is 0 Å². The van der Waals surface area contributed by atoms with Crippen LogP contribution in [0.15, 0.2) is 48.7 Å². The largest absolute Gasteiger partial charge is 0.449 e. The van der Waals surface area contributed by atoms with E-state index in [-0.39, 0.29) is 12.4 Å². The summed E-state index contributed by atoms with van der Waals surface area (Å²) in [5.74, 6) is -0.276. The monoisotopic (exact) mass is 302 g/mol. The van der Waals surface area contributed by atoms with Crippen LogP contribution in [0.2, 0.25) is 0 Å². The maximum absolute atomic E-state index is 13.4. The number of rotatable bonds is 6. The van der Waals surface area contributed by atoms with E-state index in [1.165, 1.54) is 11.0 Å². The smallest absolute Gasteiger partial charge is 0.409 e. The Balaban J connectivity index is 1.71. The highest BCUT2D eigenvalue weighted by molar-refractivity contribution is 5.67. The lowest BCUT2D eigenvalue weighted by Gasteiger charge is -2.16. The quantitative estimate of drug-likeness (QED) is 0.823. The number of carbonyl (C=O) groups is 1. The van der Waals surface area contributed by atoms with Crippen molar-refractivity contribution in [3.05, 3.63) is 65.7 Å². The molecule has 0 fully saturated rings. The first-order chi connectivity index (χ1) is 10.7. The average Bonchev–Trinajstić information content (AvgIpc) is 2.55. The van der Waals surface area contributed by atoms with Gasteiger partial charge in [0.05, 0.1) is 6.61 Å². The standard InChI is InChI=1S/C17H19FN2O2/c1-20(12-9-15-7-4-5-11-19-15)17(21)22-13-10-14-6-2-3-8-16(14)18/h2-8,11H,9-10,12-13H2,1H3. The average molecular weight is 302 g/mol. The topological polar surface area (TPSA) is 42.4 Å². The van der Waals surface area contributed by atoms with Gasteiger partial charge in [0.2, 0.25) is 0 Å². The van der Waals surface area contributed by atoms with Crippen molar-refractivity contribution < 1.29 is 13.9 Å². The first kappa shape index (κ1) is 15.9. The molecule has 0 radical (unpaired) electrons. The predicted molar refractivity (Wildman–Crippen MR) is 82.0 cm³/mol. The van der Waals surface area contributed by atoms with Gasteiger partial charge in [0.15, 0.2) is 0 Å². The minimum atomic E-state index is -0.410. The number of nitrogens with zero attached hydrogens (tertiary/aromatic N) is 2. The van der Waals surface area contributed by atoms with Crippen LogP contribution in [0.4, 0.5) is 9.18 Å². The van der Waals surface area contributed by atoms with E-state index in [0.717, 1.165) is 5.69 Å². The number of hydrogen-bond donors (Lipinski definition) is 0. The van der Waals surface area contributed by atoms with Crippen LogP contribution in [-0.2, 0) is 17.6 Å². The molecule has 0 saturated carbocycles. The Morgan fingerprint density at radius 2 is 1.95 bits per heavy atom. The molecule has 4 nitrogen and oxygen atoms in total. The number of likely N-dealkylation sites (N-methyl/N-ethyl adjacent to an activating group) is 1. The van der Waals surface area contributed by atoms with Crippen molar-refractivity contribution in [1.29, 1.82) is 0 Å². The number of pyridine rings is 1. The van der Waals surface area contributed by atoms with Crippen LogP contribution in [0, 0.1) is 5.82 Å². The molecule has 0 aliphatic carbocycles. The maximum Gasteiger partial charge on any atom is 0.409 e. The van der Waals surface area contributed by atoms with Crippen LogP contribution >= 0.6 is 0 Å². The van der Waals surface area contributed by atoms with E-state index in [9.17, 15) is 9.18 Å². The summed E-state index contributed by atoms with van der Waals surface area (Å²) in [5.41, 5.74) is 1.47. The van der Waals surface area contributed by atoms with Crippen molar-refractivity contribution >= 4 is 6.09 Å². The van der Waals surface area contributed by atoms with Gasteiger partial charge in [-0.15, -0.1) is 0 Å². The fourth-order valence-corrected chi connectivity index (χ4v) is 1.98. The third-order valence-corrected chi connectivity index (χ3v) is 3.30. The van der Waals surface area contributed by atoms with E-state index in [1.54, 1.807) is 31.4 Å². The highest BCUT2D eigenvalue weighted by atomic mass is 19.1. The molecule has 2 rings (SSSR count). The van der Waals surface area contributed by atoms with E-state index < -0.39 is 6.09 Å².